The number of nitriles is 2. The van der Waals surface area contributed by atoms with Gasteiger partial charge in [0.15, 0.2) is 0 Å². The van der Waals surface area contributed by atoms with E-state index in [1.54, 1.807) is 0 Å². The standard InChI is InChI=1S/C62H36N6.CH4/c63-37-39-24-27-60-52(32-39)54-36-45(67-57-21-8-3-16-49(57)50-17-4-9-22-58(50)67)26-29-62(54)65(60)43-13-11-12-41(33-43)42-30-40(38-64)31-46(34-42)68-59-23-10-5-18-51(59)53-35-44(25-28-61(53)68)66-55-19-6-1-14-47(55)48-15-2-7-20-56(48)66;/h1-36H;1H4. The summed E-state index contributed by atoms with van der Waals surface area (Å²) in [5.41, 5.74) is 16.0. The van der Waals surface area contributed by atoms with Gasteiger partial charge in [0.2, 0.25) is 0 Å². The predicted molar refractivity (Wildman–Crippen MR) is 285 cm³/mol. The SMILES string of the molecule is C.N#Cc1cc(-c2cccc(-n3c4ccc(C#N)cc4c4cc(-n5c6ccccc6c6ccccc65)ccc43)c2)cc(-n2c3ccccc3c3cc(-n4c5ccccc5c5ccccc54)ccc32)c1. The van der Waals surface area contributed by atoms with Gasteiger partial charge in [-0.2, -0.15) is 10.5 Å². The highest BCUT2D eigenvalue weighted by molar-refractivity contribution is 6.14. The molecule has 0 spiro atoms. The van der Waals surface area contributed by atoms with Crippen molar-refractivity contribution in [3.05, 3.63) is 230 Å². The van der Waals surface area contributed by atoms with Crippen LogP contribution >= 0.6 is 0 Å². The molecular formula is C63H40N6. The summed E-state index contributed by atoms with van der Waals surface area (Å²) >= 11 is 0. The summed E-state index contributed by atoms with van der Waals surface area (Å²) in [5.74, 6) is 0. The molecule has 0 unspecified atom stereocenters. The highest BCUT2D eigenvalue weighted by Crippen LogP contribution is 2.40. The molecule has 0 amide bonds. The van der Waals surface area contributed by atoms with Crippen LogP contribution in [0.4, 0.5) is 0 Å². The third-order valence-electron chi connectivity index (χ3n) is 14.0. The molecule has 4 heterocycles. The van der Waals surface area contributed by atoms with E-state index in [-0.39, 0.29) is 7.43 Å². The Morgan fingerprint density at radius 2 is 0.609 bits per heavy atom. The van der Waals surface area contributed by atoms with Crippen LogP contribution < -0.4 is 0 Å². The Kier molecular flexibility index (Phi) is 8.76. The summed E-state index contributed by atoms with van der Waals surface area (Å²) in [6.45, 7) is 0. The Morgan fingerprint density at radius 3 is 1.09 bits per heavy atom. The lowest BCUT2D eigenvalue weighted by Crippen LogP contribution is -1.98. The molecule has 322 valence electrons. The molecule has 0 aliphatic heterocycles. The van der Waals surface area contributed by atoms with Crippen LogP contribution in [0, 0.1) is 22.7 Å². The number of aromatic nitrogens is 4. The number of nitrogens with zero attached hydrogens (tertiary/aromatic N) is 6. The minimum atomic E-state index is 0. The topological polar surface area (TPSA) is 67.3 Å². The lowest BCUT2D eigenvalue weighted by molar-refractivity contribution is 1.16. The van der Waals surface area contributed by atoms with Crippen molar-refractivity contribution >= 4 is 87.2 Å². The molecule has 69 heavy (non-hydrogen) atoms. The Bertz CT molecular complexity index is 4430. The number of benzene rings is 10. The normalized spacial score (nSPS) is 11.6. The highest BCUT2D eigenvalue weighted by Gasteiger charge is 2.20. The molecule has 10 aromatic carbocycles. The van der Waals surface area contributed by atoms with Crippen LogP contribution in [0.25, 0.3) is 121 Å². The zero-order valence-corrected chi connectivity index (χ0v) is 36.5. The molecule has 0 saturated carbocycles. The molecular weight excluding hydrogens is 841 g/mol. The van der Waals surface area contributed by atoms with Crippen LogP contribution in [-0.2, 0) is 0 Å². The zero-order chi connectivity index (χ0) is 45.0. The second kappa shape index (κ2) is 15.2. The summed E-state index contributed by atoms with van der Waals surface area (Å²) in [6.07, 6.45) is 0. The maximum Gasteiger partial charge on any atom is 0.0992 e. The summed E-state index contributed by atoms with van der Waals surface area (Å²) in [6, 6.07) is 81.9. The molecule has 0 radical (unpaired) electrons. The van der Waals surface area contributed by atoms with E-state index < -0.39 is 0 Å². The molecule has 4 aromatic heterocycles. The van der Waals surface area contributed by atoms with Crippen molar-refractivity contribution in [3.8, 4) is 46.0 Å². The van der Waals surface area contributed by atoms with Gasteiger partial charge in [-0.1, -0.05) is 111 Å². The maximum atomic E-state index is 10.6. The number of rotatable bonds is 5. The first-order valence-electron chi connectivity index (χ1n) is 22.8. The monoisotopic (exact) mass is 880 g/mol. The number of hydrogen-bond donors (Lipinski definition) is 0. The van der Waals surface area contributed by atoms with Crippen LogP contribution in [0.15, 0.2) is 218 Å². The Labute approximate surface area is 397 Å². The van der Waals surface area contributed by atoms with E-state index in [9.17, 15) is 10.5 Å². The fraction of sp³-hybridized carbons (Fsp3) is 0.0159. The van der Waals surface area contributed by atoms with Crippen LogP contribution in [0.2, 0.25) is 0 Å². The second-order valence-electron chi connectivity index (χ2n) is 17.6. The van der Waals surface area contributed by atoms with Crippen LogP contribution in [0.5, 0.6) is 0 Å². The van der Waals surface area contributed by atoms with E-state index in [1.807, 2.05) is 24.3 Å². The molecule has 0 atom stereocenters. The molecule has 0 aliphatic carbocycles. The van der Waals surface area contributed by atoms with E-state index in [0.29, 0.717) is 11.1 Å². The molecule has 6 heteroatoms. The lowest BCUT2D eigenvalue weighted by Gasteiger charge is -2.14. The number of hydrogen-bond acceptors (Lipinski definition) is 2. The minimum Gasteiger partial charge on any atom is -0.309 e. The Balaban J connectivity index is 0.00000469. The van der Waals surface area contributed by atoms with Gasteiger partial charge in [0.25, 0.3) is 0 Å². The van der Waals surface area contributed by atoms with Crippen molar-refractivity contribution in [2.75, 3.05) is 0 Å². The third-order valence-corrected chi connectivity index (χ3v) is 14.0. The first-order chi connectivity index (χ1) is 33.6. The van der Waals surface area contributed by atoms with Crippen molar-refractivity contribution < 1.29 is 0 Å². The predicted octanol–water partition coefficient (Wildman–Crippen LogP) is 16.1. The maximum absolute atomic E-state index is 10.6. The molecule has 0 saturated heterocycles. The van der Waals surface area contributed by atoms with Gasteiger partial charge in [-0.15, -0.1) is 0 Å². The van der Waals surface area contributed by atoms with Gasteiger partial charge in [0.05, 0.1) is 67.4 Å². The van der Waals surface area contributed by atoms with Gasteiger partial charge < -0.3 is 18.3 Å². The van der Waals surface area contributed by atoms with Crippen LogP contribution in [0.3, 0.4) is 0 Å². The van der Waals surface area contributed by atoms with Crippen molar-refractivity contribution in [2.45, 2.75) is 7.43 Å². The highest BCUT2D eigenvalue weighted by atomic mass is 15.0. The van der Waals surface area contributed by atoms with Gasteiger partial charge in [0, 0.05) is 65.8 Å². The largest absolute Gasteiger partial charge is 0.309 e. The van der Waals surface area contributed by atoms with E-state index >= 15 is 0 Å². The summed E-state index contributed by atoms with van der Waals surface area (Å²) in [5, 5.41) is 29.9. The molecule has 0 fully saturated rings. The summed E-state index contributed by atoms with van der Waals surface area (Å²) in [4.78, 5) is 0. The van der Waals surface area contributed by atoms with Crippen molar-refractivity contribution in [3.63, 3.8) is 0 Å². The molecule has 0 bridgehead atoms. The van der Waals surface area contributed by atoms with E-state index in [4.69, 9.17) is 0 Å². The van der Waals surface area contributed by atoms with E-state index in [2.05, 4.69) is 225 Å². The van der Waals surface area contributed by atoms with Gasteiger partial charge >= 0.3 is 0 Å². The fourth-order valence-corrected chi connectivity index (χ4v) is 11.1. The van der Waals surface area contributed by atoms with Gasteiger partial charge in [-0.05, 0) is 126 Å². The number of fused-ring (bicyclic) bond motifs is 12. The first-order valence-corrected chi connectivity index (χ1v) is 22.8. The average Bonchev–Trinajstić information content (AvgIpc) is 4.13. The summed E-state index contributed by atoms with van der Waals surface area (Å²) in [7, 11) is 0. The Hall–Kier alpha value is -9.62. The van der Waals surface area contributed by atoms with E-state index in [1.165, 1.54) is 32.6 Å². The van der Waals surface area contributed by atoms with Crippen LogP contribution in [0.1, 0.15) is 18.6 Å². The molecule has 0 aliphatic rings. The number of para-hydroxylation sites is 5. The quantitative estimate of drug-likeness (QED) is 0.173. The fourth-order valence-electron chi connectivity index (χ4n) is 11.1. The smallest absolute Gasteiger partial charge is 0.0992 e. The second-order valence-corrected chi connectivity index (χ2v) is 17.6. The van der Waals surface area contributed by atoms with Crippen molar-refractivity contribution in [1.82, 2.24) is 18.3 Å². The lowest BCUT2D eigenvalue weighted by atomic mass is 10.0. The van der Waals surface area contributed by atoms with E-state index in [0.717, 1.165) is 88.5 Å². The van der Waals surface area contributed by atoms with Gasteiger partial charge in [-0.3, -0.25) is 0 Å². The Morgan fingerprint density at radius 1 is 0.246 bits per heavy atom. The van der Waals surface area contributed by atoms with Crippen molar-refractivity contribution in [2.24, 2.45) is 0 Å². The third kappa shape index (κ3) is 5.83. The minimum absolute atomic E-state index is 0. The summed E-state index contributed by atoms with van der Waals surface area (Å²) < 4.78 is 9.29. The first kappa shape index (κ1) is 39.7. The van der Waals surface area contributed by atoms with Crippen LogP contribution in [-0.4, -0.2) is 18.3 Å². The molecule has 14 aromatic rings. The molecule has 14 rings (SSSR count). The molecule has 6 nitrogen and oxygen atoms in total. The zero-order valence-electron chi connectivity index (χ0n) is 36.5. The van der Waals surface area contributed by atoms with Gasteiger partial charge in [0.1, 0.15) is 0 Å². The average molecular weight is 881 g/mol. The molecule has 0 N–H and O–H groups in total. The van der Waals surface area contributed by atoms with Gasteiger partial charge in [-0.25, -0.2) is 0 Å². The van der Waals surface area contributed by atoms with Crippen molar-refractivity contribution in [1.29, 1.82) is 10.5 Å².